The van der Waals surface area contributed by atoms with Crippen LogP contribution >= 0.6 is 0 Å². The van der Waals surface area contributed by atoms with Crippen LogP contribution in [0.3, 0.4) is 0 Å². The van der Waals surface area contributed by atoms with Gasteiger partial charge in [-0.1, -0.05) is 17.0 Å². The van der Waals surface area contributed by atoms with E-state index in [9.17, 15) is 9.90 Å². The molecule has 3 rings (SSSR count). The van der Waals surface area contributed by atoms with E-state index in [1.807, 2.05) is 34.9 Å². The van der Waals surface area contributed by atoms with Crippen molar-refractivity contribution < 1.29 is 19.2 Å². The second-order valence-electron chi connectivity index (χ2n) is 6.65. The van der Waals surface area contributed by atoms with Crippen molar-refractivity contribution in [2.24, 2.45) is 0 Å². The number of methoxy groups -OCH3 is 1. The highest BCUT2D eigenvalue weighted by atomic mass is 16.5. The van der Waals surface area contributed by atoms with Crippen LogP contribution in [0.4, 0.5) is 0 Å². The van der Waals surface area contributed by atoms with E-state index < -0.39 is 6.10 Å². The maximum absolute atomic E-state index is 11.0. The molecule has 156 valence electrons. The van der Waals surface area contributed by atoms with E-state index in [1.165, 1.54) is 7.11 Å². The van der Waals surface area contributed by atoms with Crippen molar-refractivity contribution in [1.29, 1.82) is 0 Å². The largest absolute Gasteiger partial charge is 0.468 e. The fourth-order valence-electron chi connectivity index (χ4n) is 2.82. The van der Waals surface area contributed by atoms with Gasteiger partial charge in [0.1, 0.15) is 17.6 Å². The summed E-state index contributed by atoms with van der Waals surface area (Å²) in [5.74, 6) is 7.12. The number of ether oxygens (including phenoxy) is 1. The van der Waals surface area contributed by atoms with Crippen molar-refractivity contribution in [2.45, 2.75) is 26.0 Å². The Morgan fingerprint density at radius 1 is 1.37 bits per heavy atom. The zero-order chi connectivity index (χ0) is 21.3. The van der Waals surface area contributed by atoms with E-state index in [2.05, 4.69) is 32.0 Å². The zero-order valence-electron chi connectivity index (χ0n) is 17.0. The van der Waals surface area contributed by atoms with Crippen LogP contribution in [0, 0.1) is 11.8 Å². The number of aliphatic hydroxyl groups is 1. The number of benzene rings is 1. The Morgan fingerprint density at radius 2 is 2.17 bits per heavy atom. The lowest BCUT2D eigenvalue weighted by atomic mass is 10.1. The van der Waals surface area contributed by atoms with Gasteiger partial charge in [-0.2, -0.15) is 0 Å². The lowest BCUT2D eigenvalue weighted by Crippen LogP contribution is -2.24. The number of aliphatic hydroxyl groups excluding tert-OH is 1. The predicted octanol–water partition coefficient (Wildman–Crippen LogP) is 2.14. The van der Waals surface area contributed by atoms with Gasteiger partial charge in [0.2, 0.25) is 0 Å². The summed E-state index contributed by atoms with van der Waals surface area (Å²) in [6.07, 6.45) is 3.43. The molecule has 0 unspecified atom stereocenters. The Morgan fingerprint density at radius 3 is 2.90 bits per heavy atom. The normalized spacial score (nSPS) is 11.6. The molecule has 3 aromatic rings. The zero-order valence-corrected chi connectivity index (χ0v) is 17.0. The Hall–Kier alpha value is -3.41. The standard InChI is InChI=1S/C22H24N4O4/c1-16(27)22-24-11-12-26(22)15-19-13-20(30-25-19)18-8-6-17(7-9-18)5-3-4-10-23-14-21(28)29-2/h6-9,11-13,16,23,27H,4,10,14-15H2,1-2H3/t16-/m0/s1. The summed E-state index contributed by atoms with van der Waals surface area (Å²) >= 11 is 0. The quantitative estimate of drug-likeness (QED) is 0.334. The van der Waals surface area contributed by atoms with Gasteiger partial charge in [-0.15, -0.1) is 0 Å². The number of nitrogens with one attached hydrogen (secondary N) is 1. The van der Waals surface area contributed by atoms with Gasteiger partial charge in [0.15, 0.2) is 5.76 Å². The van der Waals surface area contributed by atoms with Crippen LogP contribution in [-0.4, -0.2) is 46.0 Å². The van der Waals surface area contributed by atoms with Crippen molar-refractivity contribution in [3.8, 4) is 23.2 Å². The summed E-state index contributed by atoms with van der Waals surface area (Å²) < 4.78 is 11.9. The molecule has 2 heterocycles. The molecule has 0 aliphatic heterocycles. The minimum Gasteiger partial charge on any atom is -0.468 e. The van der Waals surface area contributed by atoms with Crippen molar-refractivity contribution in [3.05, 3.63) is 59.8 Å². The van der Waals surface area contributed by atoms with E-state index in [0.29, 0.717) is 31.1 Å². The SMILES string of the molecule is COC(=O)CNCCC#Cc1ccc(-c2cc(Cn3ccnc3[C@H](C)O)no2)cc1. The Bertz CT molecular complexity index is 1030. The first-order chi connectivity index (χ1) is 14.6. The summed E-state index contributed by atoms with van der Waals surface area (Å²) in [6, 6.07) is 9.59. The number of hydrogen-bond donors (Lipinski definition) is 2. The molecule has 2 N–H and O–H groups in total. The van der Waals surface area contributed by atoms with Crippen LogP contribution in [-0.2, 0) is 16.1 Å². The molecule has 0 spiro atoms. The summed E-state index contributed by atoms with van der Waals surface area (Å²) in [4.78, 5) is 15.1. The Balaban J connectivity index is 1.55. The summed E-state index contributed by atoms with van der Waals surface area (Å²) in [6.45, 7) is 2.95. The number of aromatic nitrogens is 3. The molecule has 0 saturated carbocycles. The first-order valence-electron chi connectivity index (χ1n) is 9.58. The fourth-order valence-corrected chi connectivity index (χ4v) is 2.82. The number of imidazole rings is 1. The smallest absolute Gasteiger partial charge is 0.319 e. The first-order valence-corrected chi connectivity index (χ1v) is 9.58. The molecule has 0 fully saturated rings. The minimum absolute atomic E-state index is 0.188. The van der Waals surface area contributed by atoms with Crippen molar-refractivity contribution in [3.63, 3.8) is 0 Å². The monoisotopic (exact) mass is 408 g/mol. The second-order valence-corrected chi connectivity index (χ2v) is 6.65. The summed E-state index contributed by atoms with van der Waals surface area (Å²) in [5, 5.41) is 16.8. The fraction of sp³-hybridized carbons (Fsp3) is 0.318. The van der Waals surface area contributed by atoms with E-state index in [4.69, 9.17) is 4.52 Å². The molecule has 8 nitrogen and oxygen atoms in total. The molecular weight excluding hydrogens is 384 g/mol. The summed E-state index contributed by atoms with van der Waals surface area (Å²) in [7, 11) is 1.36. The first kappa shape index (κ1) is 21.3. The van der Waals surface area contributed by atoms with Gasteiger partial charge >= 0.3 is 5.97 Å². The maximum Gasteiger partial charge on any atom is 0.319 e. The highest BCUT2D eigenvalue weighted by Gasteiger charge is 2.12. The number of nitrogens with zero attached hydrogens (tertiary/aromatic N) is 3. The molecule has 0 amide bonds. The molecule has 0 aliphatic carbocycles. The third-order valence-electron chi connectivity index (χ3n) is 4.34. The predicted molar refractivity (Wildman–Crippen MR) is 110 cm³/mol. The molecule has 1 aromatic carbocycles. The minimum atomic E-state index is -0.649. The topological polar surface area (TPSA) is 102 Å². The van der Waals surface area contributed by atoms with Crippen LogP contribution in [0.15, 0.2) is 47.2 Å². The van der Waals surface area contributed by atoms with Gasteiger partial charge < -0.3 is 24.3 Å². The molecule has 0 saturated heterocycles. The van der Waals surface area contributed by atoms with E-state index >= 15 is 0 Å². The molecular formula is C22H24N4O4. The van der Waals surface area contributed by atoms with Crippen LogP contribution < -0.4 is 5.32 Å². The molecule has 8 heteroatoms. The van der Waals surface area contributed by atoms with Crippen molar-refractivity contribution >= 4 is 5.97 Å². The number of carbonyl (C=O) groups excluding carboxylic acids is 1. The average Bonchev–Trinajstić information content (AvgIpc) is 3.41. The van der Waals surface area contributed by atoms with E-state index in [-0.39, 0.29) is 12.5 Å². The molecule has 0 radical (unpaired) electrons. The van der Waals surface area contributed by atoms with Crippen LogP contribution in [0.2, 0.25) is 0 Å². The van der Waals surface area contributed by atoms with Gasteiger partial charge in [0.05, 0.1) is 20.2 Å². The van der Waals surface area contributed by atoms with Crippen LogP contribution in [0.25, 0.3) is 11.3 Å². The Kier molecular flexibility index (Phi) is 7.38. The van der Waals surface area contributed by atoms with Gasteiger partial charge in [-0.3, -0.25) is 4.79 Å². The van der Waals surface area contributed by atoms with Gasteiger partial charge in [0, 0.05) is 42.6 Å². The average molecular weight is 408 g/mol. The number of carbonyl (C=O) groups is 1. The van der Waals surface area contributed by atoms with Crippen LogP contribution in [0.1, 0.15) is 36.5 Å². The lowest BCUT2D eigenvalue weighted by Gasteiger charge is -2.07. The highest BCUT2D eigenvalue weighted by Crippen LogP contribution is 2.22. The number of esters is 1. The molecule has 30 heavy (non-hydrogen) atoms. The van der Waals surface area contributed by atoms with Gasteiger partial charge in [-0.05, 0) is 31.2 Å². The molecule has 0 bridgehead atoms. The van der Waals surface area contributed by atoms with E-state index in [0.717, 1.165) is 16.8 Å². The van der Waals surface area contributed by atoms with Crippen molar-refractivity contribution in [2.75, 3.05) is 20.2 Å². The third kappa shape index (κ3) is 5.80. The molecule has 2 aromatic heterocycles. The van der Waals surface area contributed by atoms with Gasteiger partial charge in [-0.25, -0.2) is 4.98 Å². The van der Waals surface area contributed by atoms with E-state index in [1.54, 1.807) is 19.3 Å². The number of rotatable bonds is 8. The third-order valence-corrected chi connectivity index (χ3v) is 4.34. The maximum atomic E-state index is 11.0. The van der Waals surface area contributed by atoms with Crippen molar-refractivity contribution in [1.82, 2.24) is 20.0 Å². The second kappa shape index (κ2) is 10.4. The molecule has 0 aliphatic rings. The van der Waals surface area contributed by atoms with Crippen LogP contribution in [0.5, 0.6) is 0 Å². The molecule has 1 atom stereocenters. The lowest BCUT2D eigenvalue weighted by molar-refractivity contribution is -0.139. The number of hydrogen-bond acceptors (Lipinski definition) is 7. The Labute approximate surface area is 174 Å². The van der Waals surface area contributed by atoms with Gasteiger partial charge in [0.25, 0.3) is 0 Å². The summed E-state index contributed by atoms with van der Waals surface area (Å²) in [5.41, 5.74) is 2.54. The highest BCUT2D eigenvalue weighted by molar-refractivity contribution is 5.71.